The number of aliphatic hydroxyl groups excluding tert-OH is 3. The van der Waals surface area contributed by atoms with Crippen LogP contribution in [0.3, 0.4) is 0 Å². The molecule has 2 aromatic carbocycles. The topological polar surface area (TPSA) is 268 Å². The Bertz CT molecular complexity index is 1960. The van der Waals surface area contributed by atoms with Crippen LogP contribution >= 0.6 is 0 Å². The van der Waals surface area contributed by atoms with Gasteiger partial charge in [0, 0.05) is 51.0 Å². The molecule has 278 valence electrons. The normalized spacial score (nSPS) is 31.9. The van der Waals surface area contributed by atoms with Gasteiger partial charge in [0.2, 0.25) is 17.3 Å². The van der Waals surface area contributed by atoms with E-state index < -0.39 is 141 Å². The number of aliphatic imine (C=N–C) groups is 1. The van der Waals surface area contributed by atoms with E-state index in [4.69, 9.17) is 18.9 Å². The SMILES string of the molecule is CO[C@@H]1[C@@H](O)[C@@H](OC)C(N=C2CC(=O)c3c(cc4c(c3O)C(=O)[C@]3(OC)[C@H](O)Cc5cc(C)c(C(=O)NCCO)c(O)c5[C@]3(O)C4=O)C2=O)O[C@H]1C. The molecule has 0 radical (unpaired) electrons. The molecule has 1 amide bonds. The summed E-state index contributed by atoms with van der Waals surface area (Å²) in [6, 6.07) is 2.17. The summed E-state index contributed by atoms with van der Waals surface area (Å²) in [6.07, 6.45) is -8.32. The third kappa shape index (κ3) is 4.92. The van der Waals surface area contributed by atoms with Crippen molar-refractivity contribution in [1.82, 2.24) is 5.32 Å². The Kier molecular flexibility index (Phi) is 9.46. The van der Waals surface area contributed by atoms with Gasteiger partial charge < -0.3 is 54.9 Å². The molecule has 0 aromatic heterocycles. The number of aryl methyl sites for hydroxylation is 1. The number of rotatable bonds is 7. The zero-order valence-electron chi connectivity index (χ0n) is 28.8. The summed E-state index contributed by atoms with van der Waals surface area (Å²) in [6.45, 7) is 2.39. The van der Waals surface area contributed by atoms with Gasteiger partial charge in [-0.05, 0) is 31.0 Å². The van der Waals surface area contributed by atoms with Crippen LogP contribution in [0.1, 0.15) is 81.8 Å². The zero-order valence-corrected chi connectivity index (χ0v) is 28.8. The van der Waals surface area contributed by atoms with E-state index in [1.54, 1.807) is 6.92 Å². The van der Waals surface area contributed by atoms with Crippen LogP contribution < -0.4 is 5.32 Å². The fourth-order valence-electron chi connectivity index (χ4n) is 8.08. The highest BCUT2D eigenvalue weighted by Crippen LogP contribution is 2.56. The second kappa shape index (κ2) is 13.2. The number of Topliss-reactive ketones (excluding diaryl/α,β-unsaturated/α-hetero) is 4. The number of carbonyl (C=O) groups is 5. The summed E-state index contributed by atoms with van der Waals surface area (Å²) in [4.78, 5) is 74.1. The van der Waals surface area contributed by atoms with Crippen LogP contribution in [0, 0.1) is 6.92 Å². The number of ketones is 4. The van der Waals surface area contributed by atoms with Crippen molar-refractivity contribution in [2.75, 3.05) is 34.5 Å². The first-order valence-corrected chi connectivity index (χ1v) is 16.3. The Morgan fingerprint density at radius 3 is 2.29 bits per heavy atom. The van der Waals surface area contributed by atoms with Gasteiger partial charge in [-0.15, -0.1) is 0 Å². The summed E-state index contributed by atoms with van der Waals surface area (Å²) in [5, 5.41) is 69.5. The van der Waals surface area contributed by atoms with Gasteiger partial charge in [0.25, 0.3) is 5.91 Å². The first kappa shape index (κ1) is 37.3. The maximum Gasteiger partial charge on any atom is 0.255 e. The quantitative estimate of drug-likeness (QED) is 0.181. The highest BCUT2D eigenvalue weighted by Gasteiger charge is 2.72. The third-order valence-corrected chi connectivity index (χ3v) is 10.5. The van der Waals surface area contributed by atoms with Crippen molar-refractivity contribution in [3.05, 3.63) is 56.6 Å². The van der Waals surface area contributed by atoms with E-state index in [1.165, 1.54) is 27.2 Å². The molecule has 0 saturated carbocycles. The number of aliphatic hydroxyl groups is 4. The van der Waals surface area contributed by atoms with Crippen molar-refractivity contribution < 1.29 is 73.6 Å². The van der Waals surface area contributed by atoms with Gasteiger partial charge in [-0.1, -0.05) is 6.07 Å². The van der Waals surface area contributed by atoms with E-state index >= 15 is 0 Å². The predicted octanol–water partition coefficient (Wildman–Crippen LogP) is -0.957. The summed E-state index contributed by atoms with van der Waals surface area (Å²) in [5.74, 6) is -7.47. The lowest BCUT2D eigenvalue weighted by Crippen LogP contribution is -2.73. The van der Waals surface area contributed by atoms with Crippen molar-refractivity contribution in [2.24, 2.45) is 4.99 Å². The van der Waals surface area contributed by atoms with E-state index in [0.29, 0.717) is 0 Å². The fraction of sp³-hybridized carbons (Fsp3) is 0.486. The second-order valence-corrected chi connectivity index (χ2v) is 13.2. The molecule has 1 aliphatic heterocycles. The third-order valence-electron chi connectivity index (χ3n) is 10.5. The molecule has 0 bridgehead atoms. The Morgan fingerprint density at radius 1 is 1.00 bits per heavy atom. The first-order chi connectivity index (χ1) is 24.6. The van der Waals surface area contributed by atoms with Crippen molar-refractivity contribution in [1.29, 1.82) is 0 Å². The van der Waals surface area contributed by atoms with Crippen LogP contribution in [0.15, 0.2) is 17.1 Å². The minimum atomic E-state index is -3.26. The summed E-state index contributed by atoms with van der Waals surface area (Å²) < 4.78 is 22.0. The van der Waals surface area contributed by atoms with Crippen molar-refractivity contribution in [3.8, 4) is 11.5 Å². The number of benzene rings is 2. The van der Waals surface area contributed by atoms with Gasteiger partial charge in [0.15, 0.2) is 23.2 Å². The van der Waals surface area contributed by atoms with Gasteiger partial charge in [0.1, 0.15) is 29.8 Å². The van der Waals surface area contributed by atoms with Crippen LogP contribution in [-0.4, -0.2) is 142 Å². The number of hydrogen-bond acceptors (Lipinski definition) is 16. The minimum absolute atomic E-state index is 0.0175. The van der Waals surface area contributed by atoms with Gasteiger partial charge in [-0.3, -0.25) is 29.0 Å². The van der Waals surface area contributed by atoms with E-state index in [9.17, 15) is 54.6 Å². The molecule has 2 aromatic rings. The molecule has 17 heteroatoms. The molecular weight excluding hydrogens is 688 g/mol. The number of amides is 1. The summed E-state index contributed by atoms with van der Waals surface area (Å²) in [5.41, 5.74) is -10.2. The fourth-order valence-corrected chi connectivity index (χ4v) is 8.08. The maximum atomic E-state index is 14.7. The molecule has 1 unspecified atom stereocenters. The zero-order chi connectivity index (χ0) is 38.2. The largest absolute Gasteiger partial charge is 0.507 e. The number of hydrogen-bond donors (Lipinski definition) is 7. The minimum Gasteiger partial charge on any atom is -0.507 e. The maximum absolute atomic E-state index is 14.7. The number of aromatic hydroxyl groups is 2. The molecule has 17 nitrogen and oxygen atoms in total. The van der Waals surface area contributed by atoms with Crippen LogP contribution in [0.2, 0.25) is 0 Å². The number of nitrogens with one attached hydrogen (secondary N) is 1. The second-order valence-electron chi connectivity index (χ2n) is 13.2. The Balaban J connectivity index is 1.53. The van der Waals surface area contributed by atoms with E-state index in [1.807, 2.05) is 0 Å². The number of nitrogens with zero attached hydrogens (tertiary/aromatic N) is 1. The van der Waals surface area contributed by atoms with E-state index in [2.05, 4.69) is 10.3 Å². The Labute approximate surface area is 295 Å². The molecule has 8 atom stereocenters. The standard InChI is InChI=1S/C35H38N2O15/c1-12-8-14-9-19(40)35(51-5)31(46)22-16(30(45)34(35,48)23(14)26(43)20(12)32(47)36-6-7-38)10-15-21(25(22)42)18(39)11-17(24(15)41)37-33-29(50-4)27(44)28(49-3)13(2)52-33/h8,10,13,19,27-29,33,38,40,42-44,48H,6-7,9,11H2,1-5H3,(H,36,47)/t13-,19+,27+,28-,29+,33?,34-,35+/m0/s1. The highest BCUT2D eigenvalue weighted by atomic mass is 16.6. The lowest BCUT2D eigenvalue weighted by Gasteiger charge is -2.53. The number of ether oxygens (including phenoxy) is 4. The van der Waals surface area contributed by atoms with E-state index in [-0.39, 0.29) is 23.4 Å². The van der Waals surface area contributed by atoms with E-state index in [0.717, 1.165) is 13.2 Å². The first-order valence-electron chi connectivity index (χ1n) is 16.3. The number of phenols is 2. The number of phenolic OH excluding ortho intramolecular Hbond substituents is 2. The average Bonchev–Trinajstić information content (AvgIpc) is 3.08. The number of fused-ring (bicyclic) bond motifs is 5. The molecule has 7 N–H and O–H groups in total. The number of carbonyl (C=O) groups excluding carboxylic acids is 5. The van der Waals surface area contributed by atoms with Crippen molar-refractivity contribution in [2.45, 2.75) is 74.6 Å². The molecule has 1 heterocycles. The molecular formula is C35H38N2O15. The molecule has 4 aliphatic rings. The Hall–Kier alpha value is -4.46. The lowest BCUT2D eigenvalue weighted by molar-refractivity contribution is -0.228. The molecule has 1 fully saturated rings. The van der Waals surface area contributed by atoms with Crippen LogP contribution in [0.4, 0.5) is 0 Å². The number of methoxy groups -OCH3 is 3. The predicted molar refractivity (Wildman–Crippen MR) is 175 cm³/mol. The van der Waals surface area contributed by atoms with Crippen LogP contribution in [0.5, 0.6) is 11.5 Å². The van der Waals surface area contributed by atoms with Crippen LogP contribution in [-0.2, 0) is 31.0 Å². The van der Waals surface area contributed by atoms with Crippen LogP contribution in [0.25, 0.3) is 0 Å². The summed E-state index contributed by atoms with van der Waals surface area (Å²) >= 11 is 0. The van der Waals surface area contributed by atoms with Crippen molar-refractivity contribution >= 4 is 34.8 Å². The molecule has 52 heavy (non-hydrogen) atoms. The molecule has 6 rings (SSSR count). The van der Waals surface area contributed by atoms with Gasteiger partial charge >= 0.3 is 0 Å². The van der Waals surface area contributed by atoms with Gasteiger partial charge in [-0.25, -0.2) is 0 Å². The average molecular weight is 727 g/mol. The smallest absolute Gasteiger partial charge is 0.255 e. The molecule has 3 aliphatic carbocycles. The molecule has 1 saturated heterocycles. The molecule has 0 spiro atoms. The Morgan fingerprint density at radius 2 is 1.67 bits per heavy atom. The van der Waals surface area contributed by atoms with Gasteiger partial charge in [-0.2, -0.15) is 0 Å². The van der Waals surface area contributed by atoms with Gasteiger partial charge in [0.05, 0.1) is 47.6 Å². The summed E-state index contributed by atoms with van der Waals surface area (Å²) in [7, 11) is 3.55. The highest BCUT2D eigenvalue weighted by molar-refractivity contribution is 6.53. The monoisotopic (exact) mass is 726 g/mol. The van der Waals surface area contributed by atoms with Crippen molar-refractivity contribution in [3.63, 3.8) is 0 Å². The lowest BCUT2D eigenvalue weighted by atomic mass is 9.56.